The van der Waals surface area contributed by atoms with Gasteiger partial charge in [-0.1, -0.05) is 18.2 Å². The minimum Gasteiger partial charge on any atom is -0.207 e. The summed E-state index contributed by atoms with van der Waals surface area (Å²) in [5.74, 6) is -0.206. The Bertz CT molecular complexity index is 629. The number of hydrogen-bond acceptors (Lipinski definition) is 2. The van der Waals surface area contributed by atoms with Gasteiger partial charge in [-0.3, -0.25) is 0 Å². The maximum atomic E-state index is 13.5. The van der Waals surface area contributed by atoms with Gasteiger partial charge in [-0.15, -0.1) is 11.8 Å². The zero-order valence-electron chi connectivity index (χ0n) is 10.2. The quantitative estimate of drug-likeness (QED) is 0.745. The maximum absolute atomic E-state index is 13.5. The number of thioether (sulfide) groups is 1. The fourth-order valence-electron chi connectivity index (χ4n) is 1.74. The van der Waals surface area contributed by atoms with Crippen LogP contribution in [0.15, 0.2) is 41.3 Å². The first-order chi connectivity index (χ1) is 8.65. The van der Waals surface area contributed by atoms with Crippen molar-refractivity contribution in [3.8, 4) is 17.2 Å². The fraction of sp³-hybridized carbons (Fsp3) is 0.133. The zero-order valence-corrected chi connectivity index (χ0v) is 11.0. The largest absolute Gasteiger partial charge is 0.207 e. The normalized spacial score (nSPS) is 10.1. The van der Waals surface area contributed by atoms with E-state index in [0.29, 0.717) is 11.1 Å². The van der Waals surface area contributed by atoms with Gasteiger partial charge in [-0.2, -0.15) is 5.26 Å². The number of hydrogen-bond donors (Lipinski definition) is 0. The van der Waals surface area contributed by atoms with Crippen molar-refractivity contribution in [1.82, 2.24) is 0 Å². The highest BCUT2D eigenvalue weighted by Gasteiger charge is 2.06. The molecule has 0 saturated carbocycles. The third kappa shape index (κ3) is 2.39. The molecule has 0 N–H and O–H groups in total. The van der Waals surface area contributed by atoms with Crippen molar-refractivity contribution in [3.05, 3.63) is 53.3 Å². The van der Waals surface area contributed by atoms with Crippen LogP contribution in [0.25, 0.3) is 11.1 Å². The monoisotopic (exact) mass is 257 g/mol. The summed E-state index contributed by atoms with van der Waals surface area (Å²) in [7, 11) is 0. The highest BCUT2D eigenvalue weighted by atomic mass is 32.2. The molecular weight excluding hydrogens is 245 g/mol. The predicted octanol–water partition coefficient (Wildman–Crippen LogP) is 4.39. The molecule has 2 rings (SSSR count). The van der Waals surface area contributed by atoms with E-state index in [1.807, 2.05) is 24.5 Å². The van der Waals surface area contributed by atoms with Crippen molar-refractivity contribution >= 4 is 11.8 Å². The average Bonchev–Trinajstić information content (AvgIpc) is 2.41. The lowest BCUT2D eigenvalue weighted by Gasteiger charge is -2.07. The van der Waals surface area contributed by atoms with Crippen molar-refractivity contribution in [3.63, 3.8) is 0 Å². The number of halogens is 1. The highest BCUT2D eigenvalue weighted by molar-refractivity contribution is 7.98. The van der Waals surface area contributed by atoms with Gasteiger partial charge in [0.1, 0.15) is 11.9 Å². The Balaban J connectivity index is 2.51. The Kier molecular flexibility index (Phi) is 3.69. The van der Waals surface area contributed by atoms with E-state index in [1.165, 1.54) is 17.8 Å². The Morgan fingerprint density at radius 1 is 1.11 bits per heavy atom. The van der Waals surface area contributed by atoms with Crippen molar-refractivity contribution < 1.29 is 4.39 Å². The van der Waals surface area contributed by atoms with Crippen LogP contribution in [0.1, 0.15) is 11.1 Å². The molecule has 0 bridgehead atoms. The molecule has 0 atom stereocenters. The second-order valence-electron chi connectivity index (χ2n) is 3.99. The average molecular weight is 257 g/mol. The number of aryl methyl sites for hydroxylation is 1. The molecule has 1 nitrogen and oxygen atoms in total. The topological polar surface area (TPSA) is 23.8 Å². The summed E-state index contributed by atoms with van der Waals surface area (Å²) in [6.45, 7) is 1.74. The summed E-state index contributed by atoms with van der Waals surface area (Å²) in [5, 5.41) is 8.97. The Morgan fingerprint density at radius 2 is 1.78 bits per heavy atom. The summed E-state index contributed by atoms with van der Waals surface area (Å²) < 4.78 is 13.5. The molecule has 2 aromatic rings. The van der Waals surface area contributed by atoms with Gasteiger partial charge >= 0.3 is 0 Å². The van der Waals surface area contributed by atoms with Gasteiger partial charge in [0.2, 0.25) is 0 Å². The molecule has 2 aromatic carbocycles. The number of benzene rings is 2. The van der Waals surface area contributed by atoms with Crippen LogP contribution in [-0.2, 0) is 0 Å². The third-order valence-electron chi connectivity index (χ3n) is 2.83. The summed E-state index contributed by atoms with van der Waals surface area (Å²) in [5.41, 5.74) is 3.05. The molecule has 0 heterocycles. The van der Waals surface area contributed by atoms with Crippen LogP contribution in [0.3, 0.4) is 0 Å². The molecule has 0 saturated heterocycles. The minimum atomic E-state index is -0.206. The summed E-state index contributed by atoms with van der Waals surface area (Å²) >= 11 is 1.52. The van der Waals surface area contributed by atoms with E-state index in [2.05, 4.69) is 6.07 Å². The smallest absolute Gasteiger partial charge is 0.126 e. The van der Waals surface area contributed by atoms with E-state index in [0.717, 1.165) is 16.0 Å². The van der Waals surface area contributed by atoms with Crippen molar-refractivity contribution in [2.45, 2.75) is 11.8 Å². The van der Waals surface area contributed by atoms with Crippen molar-refractivity contribution in [2.75, 3.05) is 6.26 Å². The first-order valence-corrected chi connectivity index (χ1v) is 6.73. The van der Waals surface area contributed by atoms with E-state index >= 15 is 0 Å². The SMILES string of the molecule is CSc1cc(-c2ccc(C)c(F)c2)ccc1C#N. The molecule has 0 aromatic heterocycles. The van der Waals surface area contributed by atoms with E-state index in [9.17, 15) is 4.39 Å². The fourth-order valence-corrected chi connectivity index (χ4v) is 2.31. The molecule has 18 heavy (non-hydrogen) atoms. The standard InChI is InChI=1S/C15H12FNS/c1-10-3-4-11(7-14(10)16)12-5-6-13(9-17)15(8-12)18-2/h3-8H,1-2H3. The van der Waals surface area contributed by atoms with Gasteiger partial charge < -0.3 is 0 Å². The van der Waals surface area contributed by atoms with Crippen LogP contribution < -0.4 is 0 Å². The van der Waals surface area contributed by atoms with Gasteiger partial charge in [0, 0.05) is 4.90 Å². The predicted molar refractivity (Wildman–Crippen MR) is 73.1 cm³/mol. The zero-order chi connectivity index (χ0) is 13.1. The molecule has 0 amide bonds. The van der Waals surface area contributed by atoms with Crippen molar-refractivity contribution in [1.29, 1.82) is 5.26 Å². The van der Waals surface area contributed by atoms with Crippen LogP contribution in [0.5, 0.6) is 0 Å². The Morgan fingerprint density at radius 3 is 2.39 bits per heavy atom. The second-order valence-corrected chi connectivity index (χ2v) is 4.84. The molecule has 0 spiro atoms. The maximum Gasteiger partial charge on any atom is 0.126 e. The van der Waals surface area contributed by atoms with Gasteiger partial charge in [0.25, 0.3) is 0 Å². The van der Waals surface area contributed by atoms with Crippen LogP contribution in [-0.4, -0.2) is 6.26 Å². The molecule has 0 aliphatic carbocycles. The first kappa shape index (κ1) is 12.7. The molecule has 0 fully saturated rings. The van der Waals surface area contributed by atoms with E-state index in [1.54, 1.807) is 19.1 Å². The minimum absolute atomic E-state index is 0.206. The van der Waals surface area contributed by atoms with E-state index in [-0.39, 0.29) is 5.82 Å². The number of rotatable bonds is 2. The van der Waals surface area contributed by atoms with Crippen LogP contribution in [0, 0.1) is 24.1 Å². The van der Waals surface area contributed by atoms with Gasteiger partial charge in [-0.25, -0.2) is 4.39 Å². The number of nitrogens with zero attached hydrogens (tertiary/aromatic N) is 1. The summed E-state index contributed by atoms with van der Waals surface area (Å²) in [6.07, 6.45) is 1.93. The molecule has 0 unspecified atom stereocenters. The van der Waals surface area contributed by atoms with Crippen molar-refractivity contribution in [2.24, 2.45) is 0 Å². The van der Waals surface area contributed by atoms with Gasteiger partial charge in [-0.05, 0) is 48.1 Å². The lowest BCUT2D eigenvalue weighted by molar-refractivity contribution is 0.619. The molecular formula is C15H12FNS. The Hall–Kier alpha value is -1.79. The molecule has 0 aliphatic heterocycles. The molecule has 0 aliphatic rings. The van der Waals surface area contributed by atoms with Crippen LogP contribution >= 0.6 is 11.8 Å². The lowest BCUT2D eigenvalue weighted by Crippen LogP contribution is -1.87. The lowest BCUT2D eigenvalue weighted by atomic mass is 10.0. The summed E-state index contributed by atoms with van der Waals surface area (Å²) in [6, 6.07) is 12.9. The van der Waals surface area contributed by atoms with E-state index < -0.39 is 0 Å². The first-order valence-electron chi connectivity index (χ1n) is 5.50. The Labute approximate surface area is 110 Å². The molecule has 90 valence electrons. The summed E-state index contributed by atoms with van der Waals surface area (Å²) in [4.78, 5) is 0.913. The van der Waals surface area contributed by atoms with Crippen LogP contribution in [0.4, 0.5) is 4.39 Å². The number of nitriles is 1. The van der Waals surface area contributed by atoms with Gasteiger partial charge in [0.05, 0.1) is 5.56 Å². The molecule has 3 heteroatoms. The molecule has 0 radical (unpaired) electrons. The van der Waals surface area contributed by atoms with E-state index in [4.69, 9.17) is 5.26 Å². The third-order valence-corrected chi connectivity index (χ3v) is 3.60. The second kappa shape index (κ2) is 5.24. The van der Waals surface area contributed by atoms with Gasteiger partial charge in [0.15, 0.2) is 0 Å². The highest BCUT2D eigenvalue weighted by Crippen LogP contribution is 2.28. The van der Waals surface area contributed by atoms with Crippen LogP contribution in [0.2, 0.25) is 0 Å².